The van der Waals surface area contributed by atoms with E-state index in [0.29, 0.717) is 20.3 Å². The van der Waals surface area contributed by atoms with Gasteiger partial charge in [0, 0.05) is 17.7 Å². The normalized spacial score (nSPS) is 10.0. The van der Waals surface area contributed by atoms with Gasteiger partial charge in [-0.25, -0.2) is 4.79 Å². The topological polar surface area (TPSA) is 122 Å². The van der Waals surface area contributed by atoms with Crippen molar-refractivity contribution in [2.24, 2.45) is 0 Å². The zero-order valence-electron chi connectivity index (χ0n) is 13.8. The number of thiophene rings is 1. The Hall–Kier alpha value is -2.90. The first kappa shape index (κ1) is 19.4. The summed E-state index contributed by atoms with van der Waals surface area (Å²) in [5.74, 6) is -1.03. The number of benzene rings is 1. The zero-order valence-corrected chi connectivity index (χ0v) is 15.4. The smallest absolute Gasteiger partial charge is 0.348 e. The van der Waals surface area contributed by atoms with E-state index in [0.717, 1.165) is 23.1 Å². The Bertz CT molecular complexity index is 900. The van der Waals surface area contributed by atoms with Crippen molar-refractivity contribution in [3.8, 4) is 5.40 Å². The Balaban J connectivity index is 2.31. The Kier molecular flexibility index (Phi) is 6.32. The van der Waals surface area contributed by atoms with Gasteiger partial charge < -0.3 is 10.1 Å². The monoisotopic (exact) mass is 391 g/mol. The molecule has 1 aromatic heterocycles. The zero-order chi connectivity index (χ0) is 19.3. The van der Waals surface area contributed by atoms with E-state index in [1.165, 1.54) is 24.3 Å². The molecule has 1 amide bonds. The molecular formula is C16H13N3O5S2. The van der Waals surface area contributed by atoms with Gasteiger partial charge in [-0.1, -0.05) is 0 Å². The number of nitriles is 1. The number of nitrogens with one attached hydrogen (secondary N) is 1. The fourth-order valence-electron chi connectivity index (χ4n) is 2.05. The highest BCUT2D eigenvalue weighted by atomic mass is 32.2. The quantitative estimate of drug-likeness (QED) is 0.260. The van der Waals surface area contributed by atoms with Crippen LogP contribution >= 0.6 is 23.1 Å². The molecule has 0 fully saturated rings. The van der Waals surface area contributed by atoms with Crippen LogP contribution in [-0.4, -0.2) is 23.4 Å². The van der Waals surface area contributed by atoms with Crippen molar-refractivity contribution < 1.29 is 19.2 Å². The molecule has 0 bridgehead atoms. The molecule has 1 heterocycles. The van der Waals surface area contributed by atoms with Crippen LogP contribution in [0.2, 0.25) is 0 Å². The van der Waals surface area contributed by atoms with Crippen LogP contribution in [0.4, 0.5) is 10.7 Å². The average Bonchev–Trinajstić information content (AvgIpc) is 2.92. The molecular weight excluding hydrogens is 378 g/mol. The van der Waals surface area contributed by atoms with E-state index in [2.05, 4.69) is 5.32 Å². The van der Waals surface area contributed by atoms with Gasteiger partial charge in [0.25, 0.3) is 11.6 Å². The minimum absolute atomic E-state index is 0.126. The Labute approximate surface area is 156 Å². The molecule has 0 aliphatic heterocycles. The first-order valence-corrected chi connectivity index (χ1v) is 8.94. The van der Waals surface area contributed by atoms with Gasteiger partial charge in [0.15, 0.2) is 0 Å². The molecule has 0 unspecified atom stereocenters. The number of rotatable bonds is 6. The third kappa shape index (κ3) is 4.19. The number of carbonyl (C=O) groups excluding carboxylic acids is 2. The number of thiocyanates is 1. The molecule has 26 heavy (non-hydrogen) atoms. The summed E-state index contributed by atoms with van der Waals surface area (Å²) in [7, 11) is 0. The number of ether oxygens (including phenoxy) is 1. The van der Waals surface area contributed by atoms with Gasteiger partial charge in [0.2, 0.25) is 0 Å². The van der Waals surface area contributed by atoms with Crippen LogP contribution in [0, 0.1) is 27.7 Å². The van der Waals surface area contributed by atoms with Gasteiger partial charge in [-0.3, -0.25) is 14.9 Å². The highest BCUT2D eigenvalue weighted by Crippen LogP contribution is 2.40. The maximum atomic E-state index is 12.4. The van der Waals surface area contributed by atoms with Crippen LogP contribution in [0.3, 0.4) is 0 Å². The lowest BCUT2D eigenvalue weighted by Gasteiger charge is -2.04. The number of hydrogen-bond donors (Lipinski definition) is 1. The highest BCUT2D eigenvalue weighted by Gasteiger charge is 2.23. The molecule has 0 aliphatic rings. The second-order valence-corrected chi connectivity index (χ2v) is 6.70. The van der Waals surface area contributed by atoms with Crippen molar-refractivity contribution in [1.82, 2.24) is 0 Å². The fourth-order valence-corrected chi connectivity index (χ4v) is 3.85. The van der Waals surface area contributed by atoms with Crippen LogP contribution in [0.25, 0.3) is 0 Å². The minimum Gasteiger partial charge on any atom is -0.462 e. The third-order valence-electron chi connectivity index (χ3n) is 3.27. The van der Waals surface area contributed by atoms with Crippen molar-refractivity contribution in [3.05, 3.63) is 50.4 Å². The van der Waals surface area contributed by atoms with Crippen LogP contribution in [0.5, 0.6) is 0 Å². The van der Waals surface area contributed by atoms with E-state index in [1.54, 1.807) is 13.8 Å². The Morgan fingerprint density at radius 3 is 2.58 bits per heavy atom. The van der Waals surface area contributed by atoms with E-state index in [4.69, 9.17) is 10.00 Å². The maximum Gasteiger partial charge on any atom is 0.348 e. The lowest BCUT2D eigenvalue weighted by molar-refractivity contribution is -0.384. The largest absolute Gasteiger partial charge is 0.462 e. The van der Waals surface area contributed by atoms with Crippen molar-refractivity contribution in [2.75, 3.05) is 11.9 Å². The molecule has 1 N–H and O–H groups in total. The fraction of sp³-hybridized carbons (Fsp3) is 0.188. The van der Waals surface area contributed by atoms with Crippen molar-refractivity contribution in [3.63, 3.8) is 0 Å². The first-order valence-electron chi connectivity index (χ1n) is 7.31. The summed E-state index contributed by atoms with van der Waals surface area (Å²) in [6.45, 7) is 3.56. The summed E-state index contributed by atoms with van der Waals surface area (Å²) in [6.07, 6.45) is 0. The Morgan fingerprint density at radius 1 is 1.38 bits per heavy atom. The number of amides is 1. The minimum atomic E-state index is -0.558. The van der Waals surface area contributed by atoms with Crippen LogP contribution in [0.15, 0.2) is 29.2 Å². The van der Waals surface area contributed by atoms with Gasteiger partial charge in [-0.15, -0.1) is 11.3 Å². The van der Waals surface area contributed by atoms with E-state index >= 15 is 0 Å². The molecule has 0 saturated heterocycles. The molecule has 2 rings (SSSR count). The summed E-state index contributed by atoms with van der Waals surface area (Å²) in [5.41, 5.74) is 0.644. The number of nitro groups is 1. The number of carbonyl (C=O) groups is 2. The molecule has 0 atom stereocenters. The van der Waals surface area contributed by atoms with E-state index in [9.17, 15) is 19.7 Å². The van der Waals surface area contributed by atoms with Gasteiger partial charge in [0.05, 0.1) is 16.4 Å². The van der Waals surface area contributed by atoms with E-state index < -0.39 is 16.8 Å². The SMILES string of the molecule is CCOC(=O)c1sc(NC(=O)c2ccc([N+](=O)[O-])cc2)c(SC#N)c1C. The molecule has 134 valence electrons. The van der Waals surface area contributed by atoms with Crippen LogP contribution < -0.4 is 5.32 Å². The van der Waals surface area contributed by atoms with Crippen LogP contribution in [-0.2, 0) is 4.74 Å². The number of nitrogens with zero attached hydrogens (tertiary/aromatic N) is 2. The number of hydrogen-bond acceptors (Lipinski definition) is 8. The van der Waals surface area contributed by atoms with E-state index in [-0.39, 0.29) is 17.9 Å². The number of thioether (sulfide) groups is 1. The summed E-state index contributed by atoms with van der Waals surface area (Å²) in [4.78, 5) is 35.3. The van der Waals surface area contributed by atoms with Gasteiger partial charge in [0.1, 0.15) is 15.3 Å². The molecule has 0 aliphatic carbocycles. The third-order valence-corrected chi connectivity index (χ3v) is 5.39. The number of esters is 1. The summed E-state index contributed by atoms with van der Waals surface area (Å²) in [5, 5.41) is 24.6. The number of non-ortho nitro benzene ring substituents is 1. The maximum absolute atomic E-state index is 12.4. The number of nitro benzene ring substituents is 1. The van der Waals surface area contributed by atoms with Gasteiger partial charge >= 0.3 is 5.97 Å². The van der Waals surface area contributed by atoms with Crippen molar-refractivity contribution in [2.45, 2.75) is 18.7 Å². The second kappa shape index (κ2) is 8.46. The Morgan fingerprint density at radius 2 is 2.04 bits per heavy atom. The predicted octanol–water partition coefficient (Wildman–Crippen LogP) is 3.97. The lowest BCUT2D eigenvalue weighted by Crippen LogP contribution is -2.11. The molecule has 10 heteroatoms. The van der Waals surface area contributed by atoms with Crippen molar-refractivity contribution in [1.29, 1.82) is 5.26 Å². The molecule has 8 nitrogen and oxygen atoms in total. The van der Waals surface area contributed by atoms with Gasteiger partial charge in [-0.05, 0) is 43.3 Å². The highest BCUT2D eigenvalue weighted by molar-refractivity contribution is 8.04. The average molecular weight is 391 g/mol. The van der Waals surface area contributed by atoms with Crippen molar-refractivity contribution >= 4 is 45.7 Å². The second-order valence-electron chi connectivity index (χ2n) is 4.89. The lowest BCUT2D eigenvalue weighted by atomic mass is 10.2. The molecule has 2 aromatic rings. The summed E-state index contributed by atoms with van der Waals surface area (Å²) in [6, 6.07) is 5.11. The predicted molar refractivity (Wildman–Crippen MR) is 97.5 cm³/mol. The molecule has 0 spiro atoms. The molecule has 0 saturated carbocycles. The van der Waals surface area contributed by atoms with Gasteiger partial charge in [-0.2, -0.15) is 5.26 Å². The molecule has 1 aromatic carbocycles. The number of anilines is 1. The molecule has 0 radical (unpaired) electrons. The van der Waals surface area contributed by atoms with E-state index in [1.807, 2.05) is 5.40 Å². The summed E-state index contributed by atoms with van der Waals surface area (Å²) < 4.78 is 4.98. The standard InChI is InChI=1S/C16H13N3O5S2/c1-3-24-16(21)13-9(2)12(25-8-17)15(26-13)18-14(20)10-4-6-11(7-5-10)19(22)23/h4-7H,3H2,1-2H3,(H,18,20). The van der Waals surface area contributed by atoms with Crippen LogP contribution in [0.1, 0.15) is 32.5 Å². The summed E-state index contributed by atoms with van der Waals surface area (Å²) >= 11 is 1.85. The first-order chi connectivity index (χ1) is 12.4.